The number of carbonyl (C=O) groups excluding carboxylic acids is 2. The van der Waals surface area contributed by atoms with E-state index in [2.05, 4.69) is 25.6 Å². The van der Waals surface area contributed by atoms with E-state index in [9.17, 15) is 9.59 Å². The van der Waals surface area contributed by atoms with Crippen LogP contribution in [-0.2, 0) is 0 Å². The molecule has 0 spiro atoms. The molecule has 7 nitrogen and oxygen atoms in total. The van der Waals surface area contributed by atoms with Crippen molar-refractivity contribution >= 4 is 17.5 Å². The number of rotatable bonds is 6. The molecule has 0 atom stereocenters. The lowest BCUT2D eigenvalue weighted by Crippen LogP contribution is -2.19. The van der Waals surface area contributed by atoms with Crippen molar-refractivity contribution in [1.29, 1.82) is 0 Å². The van der Waals surface area contributed by atoms with Crippen molar-refractivity contribution in [3.8, 4) is 22.4 Å². The Morgan fingerprint density at radius 1 is 0.829 bits per heavy atom. The summed E-state index contributed by atoms with van der Waals surface area (Å²) in [5.41, 5.74) is 7.19. The molecule has 0 saturated heterocycles. The molecular weight excluding hydrogens is 438 g/mol. The van der Waals surface area contributed by atoms with E-state index in [4.69, 9.17) is 0 Å². The first kappa shape index (κ1) is 22.4. The summed E-state index contributed by atoms with van der Waals surface area (Å²) >= 11 is 0. The first-order valence-electron chi connectivity index (χ1n) is 11.5. The Kier molecular flexibility index (Phi) is 6.06. The zero-order valence-corrected chi connectivity index (χ0v) is 19.6. The number of amides is 2. The van der Waals surface area contributed by atoms with Crippen molar-refractivity contribution < 1.29 is 9.59 Å². The van der Waals surface area contributed by atoms with Crippen LogP contribution >= 0.6 is 0 Å². The van der Waals surface area contributed by atoms with Crippen molar-refractivity contribution in [2.75, 3.05) is 12.4 Å². The highest BCUT2D eigenvalue weighted by atomic mass is 16.2. The first-order chi connectivity index (χ1) is 17.0. The molecule has 0 aliphatic heterocycles. The fraction of sp³-hybridized carbons (Fsp3) is 0.179. The Bertz CT molecular complexity index is 1430. The van der Waals surface area contributed by atoms with Crippen LogP contribution in [0, 0.1) is 6.92 Å². The van der Waals surface area contributed by atoms with Gasteiger partial charge in [0.1, 0.15) is 5.69 Å². The lowest BCUT2D eigenvalue weighted by atomic mass is 9.98. The SMILES string of the molecule is CNC(=O)c1cc(-c2cc(-c3cc(NC(=O)c4ccnc(C5CC5)c4)ccc3C)ccn2)ccn1. The van der Waals surface area contributed by atoms with Crippen LogP contribution in [0.2, 0.25) is 0 Å². The maximum atomic E-state index is 12.9. The number of hydrogen-bond acceptors (Lipinski definition) is 5. The Labute approximate surface area is 203 Å². The standard InChI is InChI=1S/C28H25N5O2/c1-17-3-6-22(33-27(34)21-9-12-30-24(15-21)18-4-5-18)16-23(17)19-7-10-31-25(13-19)20-8-11-32-26(14-20)28(35)29-2/h3,6-16,18H,4-5H2,1-2H3,(H,29,35)(H,33,34). The van der Waals surface area contributed by atoms with Gasteiger partial charge in [-0.25, -0.2) is 0 Å². The van der Waals surface area contributed by atoms with Crippen LogP contribution in [-0.4, -0.2) is 33.8 Å². The smallest absolute Gasteiger partial charge is 0.269 e. The second-order valence-corrected chi connectivity index (χ2v) is 8.67. The second kappa shape index (κ2) is 9.46. The molecule has 1 aliphatic carbocycles. The van der Waals surface area contributed by atoms with Gasteiger partial charge in [0.25, 0.3) is 11.8 Å². The summed E-state index contributed by atoms with van der Waals surface area (Å²) in [4.78, 5) is 37.9. The predicted octanol–water partition coefficient (Wildman–Crippen LogP) is 5.00. The summed E-state index contributed by atoms with van der Waals surface area (Å²) in [7, 11) is 1.57. The first-order valence-corrected chi connectivity index (χ1v) is 11.5. The van der Waals surface area contributed by atoms with Crippen LogP contribution in [0.4, 0.5) is 5.69 Å². The Morgan fingerprint density at radius 3 is 2.40 bits per heavy atom. The highest BCUT2D eigenvalue weighted by molar-refractivity contribution is 6.04. The van der Waals surface area contributed by atoms with Gasteiger partial charge in [-0.15, -0.1) is 0 Å². The molecule has 35 heavy (non-hydrogen) atoms. The summed E-state index contributed by atoms with van der Waals surface area (Å²) in [5, 5.41) is 5.61. The molecule has 1 saturated carbocycles. The Morgan fingerprint density at radius 2 is 1.60 bits per heavy atom. The molecule has 1 aliphatic rings. The van der Waals surface area contributed by atoms with Gasteiger partial charge in [-0.2, -0.15) is 0 Å². The van der Waals surface area contributed by atoms with Crippen LogP contribution < -0.4 is 10.6 Å². The van der Waals surface area contributed by atoms with Crippen LogP contribution in [0.15, 0.2) is 73.2 Å². The van der Waals surface area contributed by atoms with Crippen molar-refractivity contribution in [2.45, 2.75) is 25.7 Å². The van der Waals surface area contributed by atoms with E-state index in [1.807, 2.05) is 49.4 Å². The summed E-state index contributed by atoms with van der Waals surface area (Å²) in [6.07, 6.45) is 7.32. The van der Waals surface area contributed by atoms with E-state index in [0.717, 1.165) is 46.5 Å². The molecular formula is C28H25N5O2. The monoisotopic (exact) mass is 463 g/mol. The second-order valence-electron chi connectivity index (χ2n) is 8.67. The number of carbonyl (C=O) groups is 2. The van der Waals surface area contributed by atoms with Crippen LogP contribution in [0.25, 0.3) is 22.4 Å². The molecule has 1 aromatic carbocycles. The van der Waals surface area contributed by atoms with Crippen molar-refractivity contribution in [1.82, 2.24) is 20.3 Å². The van der Waals surface area contributed by atoms with E-state index >= 15 is 0 Å². The summed E-state index contributed by atoms with van der Waals surface area (Å²) in [6.45, 7) is 2.03. The average Bonchev–Trinajstić information content (AvgIpc) is 3.75. The molecule has 3 aromatic heterocycles. The third-order valence-corrected chi connectivity index (χ3v) is 6.12. The Balaban J connectivity index is 1.42. The molecule has 0 radical (unpaired) electrons. The molecule has 2 amide bonds. The van der Waals surface area contributed by atoms with Crippen LogP contribution in [0.5, 0.6) is 0 Å². The van der Waals surface area contributed by atoms with Crippen LogP contribution in [0.3, 0.4) is 0 Å². The average molecular weight is 464 g/mol. The third kappa shape index (κ3) is 4.94. The molecule has 2 N–H and O–H groups in total. The van der Waals surface area contributed by atoms with Gasteiger partial charge in [0.2, 0.25) is 0 Å². The molecule has 1 fully saturated rings. The highest BCUT2D eigenvalue weighted by Gasteiger charge is 2.25. The number of hydrogen-bond donors (Lipinski definition) is 2. The number of nitrogens with one attached hydrogen (secondary N) is 2. The van der Waals surface area contributed by atoms with Crippen molar-refractivity contribution in [3.05, 3.63) is 95.7 Å². The van der Waals surface area contributed by atoms with Crippen molar-refractivity contribution in [2.24, 2.45) is 0 Å². The quantitative estimate of drug-likeness (QED) is 0.419. The lowest BCUT2D eigenvalue weighted by Gasteiger charge is -2.12. The minimum atomic E-state index is -0.249. The Hall–Kier alpha value is -4.39. The fourth-order valence-corrected chi connectivity index (χ4v) is 4.00. The van der Waals surface area contributed by atoms with Gasteiger partial charge in [0.05, 0.1) is 5.69 Å². The van der Waals surface area contributed by atoms with E-state index in [0.29, 0.717) is 22.9 Å². The molecule has 5 rings (SSSR count). The van der Waals surface area contributed by atoms with E-state index in [1.54, 1.807) is 37.8 Å². The molecule has 174 valence electrons. The number of pyridine rings is 3. The van der Waals surface area contributed by atoms with Crippen LogP contribution in [0.1, 0.15) is 50.9 Å². The maximum Gasteiger partial charge on any atom is 0.269 e. The summed E-state index contributed by atoms with van der Waals surface area (Å²) in [6, 6.07) is 16.9. The predicted molar refractivity (Wildman–Crippen MR) is 135 cm³/mol. The fourth-order valence-electron chi connectivity index (χ4n) is 4.00. The number of benzene rings is 1. The number of anilines is 1. The number of aromatic nitrogens is 3. The number of aryl methyl sites for hydroxylation is 1. The van der Waals surface area contributed by atoms with Gasteiger partial charge in [-0.3, -0.25) is 24.5 Å². The van der Waals surface area contributed by atoms with Gasteiger partial charge in [-0.05, 0) is 85.0 Å². The minimum absolute atomic E-state index is 0.155. The van der Waals surface area contributed by atoms with Gasteiger partial charge in [0.15, 0.2) is 0 Å². The number of nitrogens with zero attached hydrogens (tertiary/aromatic N) is 3. The summed E-state index contributed by atoms with van der Waals surface area (Å²) < 4.78 is 0. The normalized spacial score (nSPS) is 12.7. The summed E-state index contributed by atoms with van der Waals surface area (Å²) in [5.74, 6) is 0.0845. The van der Waals surface area contributed by atoms with Crippen molar-refractivity contribution in [3.63, 3.8) is 0 Å². The van der Waals surface area contributed by atoms with Gasteiger partial charge in [0, 0.05) is 54.1 Å². The minimum Gasteiger partial charge on any atom is -0.354 e. The largest absolute Gasteiger partial charge is 0.354 e. The third-order valence-electron chi connectivity index (χ3n) is 6.12. The van der Waals surface area contributed by atoms with E-state index in [1.165, 1.54) is 0 Å². The molecule has 0 unspecified atom stereocenters. The molecule has 0 bridgehead atoms. The molecule has 3 heterocycles. The topological polar surface area (TPSA) is 96.9 Å². The zero-order valence-electron chi connectivity index (χ0n) is 19.6. The molecule has 7 heteroatoms. The highest BCUT2D eigenvalue weighted by Crippen LogP contribution is 2.39. The van der Waals surface area contributed by atoms with Gasteiger partial charge in [-0.1, -0.05) is 6.07 Å². The lowest BCUT2D eigenvalue weighted by molar-refractivity contribution is 0.0957. The van der Waals surface area contributed by atoms with Gasteiger partial charge < -0.3 is 10.6 Å². The zero-order chi connectivity index (χ0) is 24.4. The van der Waals surface area contributed by atoms with Gasteiger partial charge >= 0.3 is 0 Å². The van der Waals surface area contributed by atoms with E-state index in [-0.39, 0.29) is 11.8 Å². The molecule has 4 aromatic rings. The maximum absolute atomic E-state index is 12.9. The van der Waals surface area contributed by atoms with E-state index < -0.39 is 0 Å².